The van der Waals surface area contributed by atoms with Gasteiger partial charge in [0, 0.05) is 0 Å². The number of hydrogen-bond donors (Lipinski definition) is 0. The first-order valence-electron chi connectivity index (χ1n) is 1.73. The highest BCUT2D eigenvalue weighted by Crippen LogP contribution is 1.68. The van der Waals surface area contributed by atoms with Gasteiger partial charge in [0.25, 0.3) is 14.1 Å². The Labute approximate surface area is 56.5 Å². The van der Waals surface area contributed by atoms with E-state index in [-0.39, 0.29) is 39.0 Å². The molecule has 6 heavy (non-hydrogen) atoms. The highest BCUT2D eigenvalue weighted by Gasteiger charge is 1.81. The van der Waals surface area contributed by atoms with Gasteiger partial charge in [-0.2, -0.15) is 0 Å². The normalized spacial score (nSPS) is 4.50. The molecule has 0 aromatic heterocycles. The standard InChI is InChI=1S/3CH3.Al.2ClH/h3*1H3;;2*1H. The summed E-state index contributed by atoms with van der Waals surface area (Å²) in [5, 5.41) is 0. The van der Waals surface area contributed by atoms with E-state index in [4.69, 9.17) is 0 Å². The van der Waals surface area contributed by atoms with Crippen molar-refractivity contribution in [2.24, 2.45) is 0 Å². The van der Waals surface area contributed by atoms with E-state index in [2.05, 4.69) is 17.4 Å². The number of hydrogen-bond acceptors (Lipinski definition) is 0. The molecule has 0 spiro atoms. The van der Waals surface area contributed by atoms with Crippen LogP contribution in [0.5, 0.6) is 0 Å². The predicted octanol–water partition coefficient (Wildman–Crippen LogP) is 2.21. The lowest BCUT2D eigenvalue weighted by Gasteiger charge is -1.67. The average Bonchev–Trinajstić information content (AvgIpc) is 0.811. The van der Waals surface area contributed by atoms with Crippen LogP contribution in [-0.2, 0) is 0 Å². The Kier molecular flexibility index (Phi) is 24.7. The zero-order valence-electron chi connectivity index (χ0n) is 4.39. The van der Waals surface area contributed by atoms with Crippen LogP contribution in [-0.4, -0.2) is 14.1 Å². The van der Waals surface area contributed by atoms with Gasteiger partial charge in [0.1, 0.15) is 0 Å². The second kappa shape index (κ2) is 9.45. The highest BCUT2D eigenvalue weighted by atomic mass is 35.5. The van der Waals surface area contributed by atoms with Crippen molar-refractivity contribution in [1.29, 1.82) is 0 Å². The van der Waals surface area contributed by atoms with E-state index in [1.165, 1.54) is 0 Å². The van der Waals surface area contributed by atoms with Gasteiger partial charge in [0.05, 0.1) is 0 Å². The zero-order chi connectivity index (χ0) is 3.58. The molecule has 0 radical (unpaired) electrons. The van der Waals surface area contributed by atoms with E-state index in [1.54, 1.807) is 0 Å². The van der Waals surface area contributed by atoms with Crippen molar-refractivity contribution in [3.05, 3.63) is 0 Å². The molecule has 0 atom stereocenters. The Balaban J connectivity index is -0.0000000450. The van der Waals surface area contributed by atoms with Crippen molar-refractivity contribution in [2.45, 2.75) is 17.4 Å². The summed E-state index contributed by atoms with van der Waals surface area (Å²) >= 11 is -0.139. The quantitative estimate of drug-likeness (QED) is 0.458. The molecule has 0 bridgehead atoms. The van der Waals surface area contributed by atoms with Gasteiger partial charge in [-0.25, -0.2) is 0 Å². The molecule has 0 aliphatic rings. The third kappa shape index (κ3) is 69.9. The molecule has 3 heteroatoms. The van der Waals surface area contributed by atoms with Crippen molar-refractivity contribution in [2.75, 3.05) is 0 Å². The van der Waals surface area contributed by atoms with Crippen LogP contribution >= 0.6 is 24.8 Å². The van der Waals surface area contributed by atoms with Crippen LogP contribution < -0.4 is 0 Å². The van der Waals surface area contributed by atoms with Crippen LogP contribution in [0.25, 0.3) is 0 Å². The third-order valence-electron chi connectivity index (χ3n) is 0. The minimum Gasteiger partial charge on any atom is -0.147 e. The summed E-state index contributed by atoms with van der Waals surface area (Å²) in [4.78, 5) is 0. The van der Waals surface area contributed by atoms with Crippen LogP contribution in [0.4, 0.5) is 0 Å². The second-order valence-corrected chi connectivity index (χ2v) is 5.20. The maximum absolute atomic E-state index is 2.31. The van der Waals surface area contributed by atoms with Gasteiger partial charge < -0.3 is 0 Å². The minimum absolute atomic E-state index is 0. The lowest BCUT2D eigenvalue weighted by Crippen LogP contribution is -1.84. The summed E-state index contributed by atoms with van der Waals surface area (Å²) in [6, 6.07) is 0. The highest BCUT2D eigenvalue weighted by molar-refractivity contribution is 6.54. The molecule has 0 saturated heterocycles. The summed E-state index contributed by atoms with van der Waals surface area (Å²) in [5.74, 6) is 6.92. The zero-order valence-corrected chi connectivity index (χ0v) is 7.18. The SMILES string of the molecule is Cl.Cl.[CH3][Al]([CH3])[CH3]. The van der Waals surface area contributed by atoms with Gasteiger partial charge >= 0.3 is 0 Å². The fourth-order valence-corrected chi connectivity index (χ4v) is 0. The Morgan fingerprint density at radius 3 is 0.833 bits per heavy atom. The molecule has 0 heterocycles. The monoisotopic (exact) mass is 144 g/mol. The number of rotatable bonds is 0. The van der Waals surface area contributed by atoms with Crippen LogP contribution in [0, 0.1) is 0 Å². The average molecular weight is 145 g/mol. The largest absolute Gasteiger partial charge is 0.251 e. The van der Waals surface area contributed by atoms with Crippen molar-refractivity contribution in [3.8, 4) is 0 Å². The Morgan fingerprint density at radius 1 is 0.833 bits per heavy atom. The first-order chi connectivity index (χ1) is 1.73. The van der Waals surface area contributed by atoms with E-state index in [0.717, 1.165) is 0 Å². The summed E-state index contributed by atoms with van der Waals surface area (Å²) in [6.45, 7) is 0. The Morgan fingerprint density at radius 2 is 0.833 bits per heavy atom. The second-order valence-electron chi connectivity index (χ2n) is 1.73. The van der Waals surface area contributed by atoms with E-state index < -0.39 is 0 Å². The third-order valence-corrected chi connectivity index (χ3v) is 0. The number of halogens is 2. The molecule has 0 aromatic rings. The van der Waals surface area contributed by atoms with Crippen molar-refractivity contribution in [3.63, 3.8) is 0 Å². The van der Waals surface area contributed by atoms with Gasteiger partial charge in [0.15, 0.2) is 0 Å². The summed E-state index contributed by atoms with van der Waals surface area (Å²) in [7, 11) is 0. The van der Waals surface area contributed by atoms with Crippen molar-refractivity contribution >= 4 is 39.0 Å². The first kappa shape index (κ1) is 15.7. The van der Waals surface area contributed by atoms with Crippen LogP contribution in [0.2, 0.25) is 17.4 Å². The van der Waals surface area contributed by atoms with Crippen LogP contribution in [0.15, 0.2) is 0 Å². The molecule has 0 nitrogen and oxygen atoms in total. The van der Waals surface area contributed by atoms with Gasteiger partial charge in [0.2, 0.25) is 0 Å². The van der Waals surface area contributed by atoms with E-state index in [0.29, 0.717) is 0 Å². The van der Waals surface area contributed by atoms with E-state index in [1.807, 2.05) is 0 Å². The molecule has 0 fully saturated rings. The molecule has 0 N–H and O–H groups in total. The first-order valence-corrected chi connectivity index (χ1v) is 5.20. The molecule has 0 saturated carbocycles. The summed E-state index contributed by atoms with van der Waals surface area (Å²) in [6.07, 6.45) is 0. The molecule has 0 aromatic carbocycles. The Hall–Kier alpha value is 1.11. The predicted molar refractivity (Wildman–Crippen MR) is 37.8 cm³/mol. The smallest absolute Gasteiger partial charge is 0.147 e. The summed E-state index contributed by atoms with van der Waals surface area (Å²) in [5.41, 5.74) is 0. The molecule has 0 unspecified atom stereocenters. The van der Waals surface area contributed by atoms with Gasteiger partial charge in [-0.1, -0.05) is 0 Å². The lowest BCUT2D eigenvalue weighted by atomic mass is 11.8. The molecule has 0 aliphatic heterocycles. The van der Waals surface area contributed by atoms with E-state index >= 15 is 0 Å². The molecule has 0 aliphatic carbocycles. The maximum Gasteiger partial charge on any atom is 0.251 e. The van der Waals surface area contributed by atoms with Gasteiger partial charge in [-0.05, 0) is 0 Å². The molecule has 40 valence electrons. The summed E-state index contributed by atoms with van der Waals surface area (Å²) < 4.78 is 0. The minimum atomic E-state index is -0.139. The molecular formula is C3H11AlCl2. The molecular weight excluding hydrogens is 134 g/mol. The van der Waals surface area contributed by atoms with Gasteiger partial charge in [-0.3, -0.25) is 0 Å². The fraction of sp³-hybridized carbons (Fsp3) is 1.00. The molecule has 0 rings (SSSR count). The topological polar surface area (TPSA) is 0 Å². The maximum atomic E-state index is 2.31. The van der Waals surface area contributed by atoms with Crippen LogP contribution in [0.1, 0.15) is 0 Å². The lowest BCUT2D eigenvalue weighted by molar-refractivity contribution is 1.91. The fourth-order valence-electron chi connectivity index (χ4n) is 0. The van der Waals surface area contributed by atoms with Crippen molar-refractivity contribution < 1.29 is 0 Å². The van der Waals surface area contributed by atoms with Crippen molar-refractivity contribution in [1.82, 2.24) is 0 Å². The van der Waals surface area contributed by atoms with Gasteiger partial charge in [-0.15, -0.1) is 42.2 Å². The Bertz CT molecular complexity index is 13.5. The molecule has 0 amide bonds. The van der Waals surface area contributed by atoms with E-state index in [9.17, 15) is 0 Å². The van der Waals surface area contributed by atoms with Crippen LogP contribution in [0.3, 0.4) is 0 Å².